The predicted octanol–water partition coefficient (Wildman–Crippen LogP) is 1.17. The highest BCUT2D eigenvalue weighted by molar-refractivity contribution is 5.95. The first kappa shape index (κ1) is 13.1. The Balaban J connectivity index is 1.94. The zero-order valence-electron chi connectivity index (χ0n) is 10.8. The third-order valence-corrected chi connectivity index (χ3v) is 3.29. The van der Waals surface area contributed by atoms with Crippen LogP contribution in [0.15, 0.2) is 10.5 Å². The number of amides is 1. The first-order valence-electron chi connectivity index (χ1n) is 6.15. The van der Waals surface area contributed by atoms with Crippen LogP contribution < -0.4 is 5.32 Å². The molecule has 0 spiro atoms. The molecule has 0 aromatic carbocycles. The summed E-state index contributed by atoms with van der Waals surface area (Å²) < 4.78 is 10.5. The first-order chi connectivity index (χ1) is 8.50. The molecule has 18 heavy (non-hydrogen) atoms. The van der Waals surface area contributed by atoms with E-state index in [1.165, 1.54) is 0 Å². The summed E-state index contributed by atoms with van der Waals surface area (Å²) in [6.45, 7) is 4.88. The van der Waals surface area contributed by atoms with Crippen LogP contribution in [0.5, 0.6) is 0 Å². The summed E-state index contributed by atoms with van der Waals surface area (Å²) >= 11 is 0. The van der Waals surface area contributed by atoms with Gasteiger partial charge in [0.05, 0.1) is 11.2 Å². The molecule has 0 bridgehead atoms. The molecular weight excluding hydrogens is 234 g/mol. The molecule has 0 atom stereocenters. The van der Waals surface area contributed by atoms with Gasteiger partial charge < -0.3 is 19.6 Å². The molecule has 1 aliphatic heterocycles. The molecular formula is C13H19NO4. The molecule has 5 heteroatoms. The molecule has 0 radical (unpaired) electrons. The normalized spacial score (nSPS) is 18.6. The van der Waals surface area contributed by atoms with E-state index in [9.17, 15) is 9.90 Å². The van der Waals surface area contributed by atoms with Gasteiger partial charge in [0.25, 0.3) is 5.91 Å². The maximum absolute atomic E-state index is 12.0. The number of hydrogen-bond acceptors (Lipinski definition) is 4. The molecule has 1 aromatic rings. The van der Waals surface area contributed by atoms with Gasteiger partial charge in [-0.3, -0.25) is 4.79 Å². The maximum Gasteiger partial charge on any atom is 0.254 e. The largest absolute Gasteiger partial charge is 0.466 e. The first-order valence-corrected chi connectivity index (χ1v) is 6.15. The number of ether oxygens (including phenoxy) is 1. The van der Waals surface area contributed by atoms with Gasteiger partial charge in [-0.05, 0) is 19.9 Å². The molecule has 1 saturated heterocycles. The number of carbonyl (C=O) groups is 1. The van der Waals surface area contributed by atoms with Crippen molar-refractivity contribution in [1.29, 1.82) is 0 Å². The average Bonchev–Trinajstić information content (AvgIpc) is 2.67. The Kier molecular flexibility index (Phi) is 3.73. The van der Waals surface area contributed by atoms with Crippen molar-refractivity contribution in [2.75, 3.05) is 19.8 Å². The number of hydrogen-bond donors (Lipinski definition) is 2. The number of nitrogens with one attached hydrogen (secondary N) is 1. The highest BCUT2D eigenvalue weighted by Gasteiger charge is 2.30. The Morgan fingerprint density at radius 3 is 2.67 bits per heavy atom. The topological polar surface area (TPSA) is 71.7 Å². The van der Waals surface area contributed by atoms with Crippen LogP contribution in [0.3, 0.4) is 0 Å². The summed E-state index contributed by atoms with van der Waals surface area (Å²) in [5.41, 5.74) is -0.316. The standard InChI is InChI=1S/C13H19NO4/c1-9-7-11(10(2)18-9)12(15)14-8-13(16)3-5-17-6-4-13/h7,16H,3-6,8H2,1-2H3,(H,14,15). The van der Waals surface area contributed by atoms with Gasteiger partial charge >= 0.3 is 0 Å². The molecule has 2 heterocycles. The highest BCUT2D eigenvalue weighted by Crippen LogP contribution is 2.20. The molecule has 1 aromatic heterocycles. The number of rotatable bonds is 3. The van der Waals surface area contributed by atoms with Crippen molar-refractivity contribution in [1.82, 2.24) is 5.32 Å². The van der Waals surface area contributed by atoms with Crippen LogP contribution in [0.4, 0.5) is 0 Å². The van der Waals surface area contributed by atoms with E-state index in [0.29, 0.717) is 43.1 Å². The lowest BCUT2D eigenvalue weighted by atomic mass is 9.94. The zero-order valence-corrected chi connectivity index (χ0v) is 10.8. The van der Waals surface area contributed by atoms with Crippen LogP contribution in [0.2, 0.25) is 0 Å². The lowest BCUT2D eigenvalue weighted by Gasteiger charge is -2.32. The van der Waals surface area contributed by atoms with Gasteiger partial charge in [-0.1, -0.05) is 0 Å². The van der Waals surface area contributed by atoms with Crippen molar-refractivity contribution in [3.05, 3.63) is 23.2 Å². The van der Waals surface area contributed by atoms with E-state index in [2.05, 4.69) is 5.32 Å². The van der Waals surface area contributed by atoms with Gasteiger partial charge in [0, 0.05) is 32.6 Å². The number of aryl methyl sites for hydroxylation is 2. The van der Waals surface area contributed by atoms with Gasteiger partial charge in [0.2, 0.25) is 0 Å². The summed E-state index contributed by atoms with van der Waals surface area (Å²) in [5, 5.41) is 13.0. The van der Waals surface area contributed by atoms with E-state index in [1.54, 1.807) is 19.9 Å². The molecule has 0 saturated carbocycles. The molecule has 0 unspecified atom stereocenters. The highest BCUT2D eigenvalue weighted by atomic mass is 16.5. The van der Waals surface area contributed by atoms with E-state index in [4.69, 9.17) is 9.15 Å². The fraction of sp³-hybridized carbons (Fsp3) is 0.615. The third kappa shape index (κ3) is 2.91. The third-order valence-electron chi connectivity index (χ3n) is 3.29. The Labute approximate surface area is 106 Å². The van der Waals surface area contributed by atoms with Gasteiger partial charge in [-0.15, -0.1) is 0 Å². The summed E-state index contributed by atoms with van der Waals surface area (Å²) in [7, 11) is 0. The van der Waals surface area contributed by atoms with Crippen molar-refractivity contribution in [3.8, 4) is 0 Å². The minimum atomic E-state index is -0.847. The minimum absolute atomic E-state index is 0.204. The van der Waals surface area contributed by atoms with Crippen LogP contribution in [0, 0.1) is 13.8 Å². The fourth-order valence-corrected chi connectivity index (χ4v) is 2.12. The molecule has 0 aliphatic carbocycles. The SMILES string of the molecule is Cc1cc(C(=O)NCC2(O)CCOCC2)c(C)o1. The van der Waals surface area contributed by atoms with E-state index in [-0.39, 0.29) is 12.5 Å². The second kappa shape index (κ2) is 5.12. The smallest absolute Gasteiger partial charge is 0.254 e. The Morgan fingerprint density at radius 1 is 1.44 bits per heavy atom. The maximum atomic E-state index is 12.0. The summed E-state index contributed by atoms with van der Waals surface area (Å²) in [6.07, 6.45) is 1.10. The average molecular weight is 253 g/mol. The molecule has 5 nitrogen and oxygen atoms in total. The number of furan rings is 1. The zero-order chi connectivity index (χ0) is 13.2. The Bertz CT molecular complexity index is 432. The van der Waals surface area contributed by atoms with Crippen LogP contribution in [0.25, 0.3) is 0 Å². The van der Waals surface area contributed by atoms with Crippen molar-refractivity contribution >= 4 is 5.91 Å². The molecule has 1 fully saturated rings. The van der Waals surface area contributed by atoms with Crippen molar-refractivity contribution in [2.24, 2.45) is 0 Å². The number of carbonyl (C=O) groups excluding carboxylic acids is 1. The predicted molar refractivity (Wildman–Crippen MR) is 65.5 cm³/mol. The Hall–Kier alpha value is -1.33. The summed E-state index contributed by atoms with van der Waals surface area (Å²) in [5.74, 6) is 1.11. The summed E-state index contributed by atoms with van der Waals surface area (Å²) in [6, 6.07) is 1.71. The molecule has 2 rings (SSSR count). The van der Waals surface area contributed by atoms with E-state index in [1.807, 2.05) is 0 Å². The molecule has 1 amide bonds. The second-order valence-electron chi connectivity index (χ2n) is 4.85. The number of aliphatic hydroxyl groups is 1. The van der Waals surface area contributed by atoms with E-state index < -0.39 is 5.60 Å². The van der Waals surface area contributed by atoms with Crippen LogP contribution >= 0.6 is 0 Å². The monoisotopic (exact) mass is 253 g/mol. The van der Waals surface area contributed by atoms with E-state index in [0.717, 1.165) is 0 Å². The van der Waals surface area contributed by atoms with Crippen LogP contribution in [-0.4, -0.2) is 36.4 Å². The summed E-state index contributed by atoms with van der Waals surface area (Å²) in [4.78, 5) is 12.0. The van der Waals surface area contributed by atoms with Crippen molar-refractivity contribution in [2.45, 2.75) is 32.3 Å². The van der Waals surface area contributed by atoms with Crippen LogP contribution in [-0.2, 0) is 4.74 Å². The van der Waals surface area contributed by atoms with Gasteiger partial charge in [-0.25, -0.2) is 0 Å². The Morgan fingerprint density at radius 2 is 2.11 bits per heavy atom. The van der Waals surface area contributed by atoms with Gasteiger partial charge in [0.15, 0.2) is 0 Å². The van der Waals surface area contributed by atoms with Gasteiger partial charge in [-0.2, -0.15) is 0 Å². The quantitative estimate of drug-likeness (QED) is 0.848. The molecule has 2 N–H and O–H groups in total. The molecule has 100 valence electrons. The van der Waals surface area contributed by atoms with Crippen LogP contribution in [0.1, 0.15) is 34.7 Å². The van der Waals surface area contributed by atoms with Crippen molar-refractivity contribution < 1.29 is 19.1 Å². The molecule has 1 aliphatic rings. The fourth-order valence-electron chi connectivity index (χ4n) is 2.12. The van der Waals surface area contributed by atoms with Crippen molar-refractivity contribution in [3.63, 3.8) is 0 Å². The minimum Gasteiger partial charge on any atom is -0.466 e. The second-order valence-corrected chi connectivity index (χ2v) is 4.85. The lowest BCUT2D eigenvalue weighted by Crippen LogP contribution is -2.46. The lowest BCUT2D eigenvalue weighted by molar-refractivity contribution is -0.0605. The van der Waals surface area contributed by atoms with E-state index >= 15 is 0 Å². The van der Waals surface area contributed by atoms with Gasteiger partial charge in [0.1, 0.15) is 11.5 Å².